The fourth-order valence-electron chi connectivity index (χ4n) is 2.97. The molecule has 0 radical (unpaired) electrons. The maximum Gasteiger partial charge on any atom is 0.273 e. The summed E-state index contributed by atoms with van der Waals surface area (Å²) in [4.78, 5) is 21.5. The van der Waals surface area contributed by atoms with E-state index in [1.165, 1.54) is 10.1 Å². The molecular weight excluding hydrogens is 312 g/mol. The van der Waals surface area contributed by atoms with Gasteiger partial charge in [0, 0.05) is 11.6 Å². The number of nitrogens with one attached hydrogen (secondary N) is 1. The third-order valence-corrected chi connectivity index (χ3v) is 4.45. The predicted molar refractivity (Wildman–Crippen MR) is 99.1 cm³/mol. The zero-order valence-corrected chi connectivity index (χ0v) is 14.4. The molecule has 0 fully saturated rings. The molecule has 0 saturated carbocycles. The van der Waals surface area contributed by atoms with E-state index in [-0.39, 0.29) is 5.56 Å². The van der Waals surface area contributed by atoms with Crippen LogP contribution in [0.25, 0.3) is 27.8 Å². The van der Waals surface area contributed by atoms with E-state index in [9.17, 15) is 4.79 Å². The normalized spacial score (nSPS) is 11.2. The van der Waals surface area contributed by atoms with Crippen molar-refractivity contribution in [3.8, 4) is 17.1 Å². The van der Waals surface area contributed by atoms with E-state index in [1.54, 1.807) is 6.07 Å². The summed E-state index contributed by atoms with van der Waals surface area (Å²) < 4.78 is 1.46. The molecule has 0 aliphatic carbocycles. The monoisotopic (exact) mass is 330 g/mol. The minimum absolute atomic E-state index is 0.149. The summed E-state index contributed by atoms with van der Waals surface area (Å²) in [6.45, 7) is 5.67. The molecule has 5 heteroatoms. The molecule has 124 valence electrons. The largest absolute Gasteiger partial charge is 0.289 e. The number of rotatable bonds is 2. The van der Waals surface area contributed by atoms with Crippen LogP contribution in [0.3, 0.4) is 0 Å². The van der Waals surface area contributed by atoms with Crippen molar-refractivity contribution in [1.29, 1.82) is 0 Å². The van der Waals surface area contributed by atoms with Crippen molar-refractivity contribution >= 4 is 10.8 Å². The molecule has 25 heavy (non-hydrogen) atoms. The average molecular weight is 330 g/mol. The summed E-state index contributed by atoms with van der Waals surface area (Å²) >= 11 is 0. The Balaban J connectivity index is 1.85. The van der Waals surface area contributed by atoms with Crippen LogP contribution < -0.4 is 5.56 Å². The topological polar surface area (TPSA) is 63.6 Å². The van der Waals surface area contributed by atoms with E-state index in [2.05, 4.69) is 39.3 Å². The van der Waals surface area contributed by atoms with Gasteiger partial charge < -0.3 is 0 Å². The molecule has 2 heterocycles. The lowest BCUT2D eigenvalue weighted by atomic mass is 10.1. The highest BCUT2D eigenvalue weighted by Crippen LogP contribution is 2.23. The number of hydrogen-bond acceptors (Lipinski definition) is 3. The summed E-state index contributed by atoms with van der Waals surface area (Å²) in [5.41, 5.74) is 3.98. The zero-order valence-electron chi connectivity index (χ0n) is 14.4. The molecule has 1 N–H and O–H groups in total. The first-order valence-electron chi connectivity index (χ1n) is 8.16. The van der Waals surface area contributed by atoms with Crippen molar-refractivity contribution in [1.82, 2.24) is 19.7 Å². The summed E-state index contributed by atoms with van der Waals surface area (Å²) in [5, 5.41) is 5.47. The van der Waals surface area contributed by atoms with E-state index in [4.69, 9.17) is 0 Å². The van der Waals surface area contributed by atoms with Crippen molar-refractivity contribution in [2.24, 2.45) is 0 Å². The Morgan fingerprint density at radius 3 is 2.36 bits per heavy atom. The molecule has 2 aromatic heterocycles. The standard InChI is InChI=1S/C20H18N4O/c1-12-13(2)22-20(14(3)21-12)24-19(25)11-18(23-24)17-9-8-15-6-4-5-7-16(15)10-17/h4-11,23H,1-3H3. The van der Waals surface area contributed by atoms with Gasteiger partial charge in [0.2, 0.25) is 0 Å². The molecule has 5 nitrogen and oxygen atoms in total. The lowest BCUT2D eigenvalue weighted by Crippen LogP contribution is -2.18. The maximum atomic E-state index is 12.5. The van der Waals surface area contributed by atoms with Gasteiger partial charge >= 0.3 is 0 Å². The lowest BCUT2D eigenvalue weighted by Gasteiger charge is -2.08. The maximum absolute atomic E-state index is 12.5. The number of benzene rings is 2. The highest BCUT2D eigenvalue weighted by Gasteiger charge is 2.13. The van der Waals surface area contributed by atoms with Gasteiger partial charge in [-0.15, -0.1) is 0 Å². The van der Waals surface area contributed by atoms with Crippen LogP contribution in [-0.2, 0) is 0 Å². The third-order valence-electron chi connectivity index (χ3n) is 4.45. The van der Waals surface area contributed by atoms with Crippen LogP contribution in [0.2, 0.25) is 0 Å². The predicted octanol–water partition coefficient (Wildman–Crippen LogP) is 3.70. The molecule has 0 bridgehead atoms. The van der Waals surface area contributed by atoms with Gasteiger partial charge in [0.25, 0.3) is 5.56 Å². The number of H-pyrrole nitrogens is 1. The highest BCUT2D eigenvalue weighted by atomic mass is 16.1. The second-order valence-electron chi connectivity index (χ2n) is 6.21. The second-order valence-corrected chi connectivity index (χ2v) is 6.21. The van der Waals surface area contributed by atoms with E-state index in [0.717, 1.165) is 33.7 Å². The van der Waals surface area contributed by atoms with Gasteiger partial charge in [-0.1, -0.05) is 36.4 Å². The molecule has 4 rings (SSSR count). The smallest absolute Gasteiger partial charge is 0.273 e. The molecule has 0 saturated heterocycles. The molecule has 0 aliphatic heterocycles. The quantitative estimate of drug-likeness (QED) is 0.609. The molecule has 0 amide bonds. The Hall–Kier alpha value is -3.21. The SMILES string of the molecule is Cc1nc(C)c(-n2[nH]c(-c3ccc4ccccc4c3)cc2=O)nc1C. The van der Waals surface area contributed by atoms with E-state index in [1.807, 2.05) is 39.0 Å². The van der Waals surface area contributed by atoms with Gasteiger partial charge in [0.15, 0.2) is 5.82 Å². The fraction of sp³-hybridized carbons (Fsp3) is 0.150. The van der Waals surface area contributed by atoms with Crippen molar-refractivity contribution in [3.05, 3.63) is 76.0 Å². The minimum Gasteiger partial charge on any atom is -0.289 e. The second kappa shape index (κ2) is 5.70. The van der Waals surface area contributed by atoms with Crippen molar-refractivity contribution in [2.45, 2.75) is 20.8 Å². The molecule has 0 atom stereocenters. The van der Waals surface area contributed by atoms with Crippen LogP contribution in [0.1, 0.15) is 17.1 Å². The Morgan fingerprint density at radius 1 is 0.840 bits per heavy atom. The van der Waals surface area contributed by atoms with E-state index < -0.39 is 0 Å². The van der Waals surface area contributed by atoms with Crippen LogP contribution in [0.4, 0.5) is 0 Å². The van der Waals surface area contributed by atoms with Crippen LogP contribution in [0, 0.1) is 20.8 Å². The summed E-state index contributed by atoms with van der Waals surface area (Å²) in [7, 11) is 0. The van der Waals surface area contributed by atoms with Crippen molar-refractivity contribution in [3.63, 3.8) is 0 Å². The van der Waals surface area contributed by atoms with Gasteiger partial charge in [-0.25, -0.2) is 4.98 Å². The van der Waals surface area contributed by atoms with Gasteiger partial charge in [-0.3, -0.25) is 14.9 Å². The third kappa shape index (κ3) is 2.63. The van der Waals surface area contributed by atoms with Gasteiger partial charge in [-0.2, -0.15) is 4.68 Å². The van der Waals surface area contributed by atoms with Crippen LogP contribution >= 0.6 is 0 Å². The number of hydrogen-bond donors (Lipinski definition) is 1. The Bertz CT molecular complexity index is 1150. The van der Waals surface area contributed by atoms with Gasteiger partial charge in [0.05, 0.1) is 22.8 Å². The van der Waals surface area contributed by atoms with E-state index >= 15 is 0 Å². The lowest BCUT2D eigenvalue weighted by molar-refractivity contribution is 0.788. The average Bonchev–Trinajstić information content (AvgIpc) is 2.99. The summed E-state index contributed by atoms with van der Waals surface area (Å²) in [5.74, 6) is 0.542. The number of aromatic nitrogens is 4. The van der Waals surface area contributed by atoms with Crippen LogP contribution in [0.5, 0.6) is 0 Å². The fourth-order valence-corrected chi connectivity index (χ4v) is 2.97. The van der Waals surface area contributed by atoms with Crippen molar-refractivity contribution < 1.29 is 0 Å². The molecular formula is C20H18N4O. The zero-order chi connectivity index (χ0) is 17.6. The number of aromatic amines is 1. The first kappa shape index (κ1) is 15.3. The van der Waals surface area contributed by atoms with Gasteiger partial charge in [0.1, 0.15) is 0 Å². The van der Waals surface area contributed by atoms with Crippen LogP contribution in [0.15, 0.2) is 53.3 Å². The number of nitrogens with zero attached hydrogens (tertiary/aromatic N) is 3. The molecule has 0 aliphatic rings. The number of aryl methyl sites for hydroxylation is 3. The summed E-state index contributed by atoms with van der Waals surface area (Å²) in [6, 6.07) is 15.9. The van der Waals surface area contributed by atoms with E-state index in [0.29, 0.717) is 5.82 Å². The molecule has 0 spiro atoms. The number of fused-ring (bicyclic) bond motifs is 1. The Kier molecular flexibility index (Phi) is 3.50. The first-order chi connectivity index (χ1) is 12.0. The molecule has 4 aromatic rings. The molecule has 2 aromatic carbocycles. The van der Waals surface area contributed by atoms with Crippen LogP contribution in [-0.4, -0.2) is 19.7 Å². The highest BCUT2D eigenvalue weighted by molar-refractivity contribution is 5.86. The first-order valence-corrected chi connectivity index (χ1v) is 8.16. The van der Waals surface area contributed by atoms with Gasteiger partial charge in [-0.05, 0) is 37.6 Å². The molecule has 0 unspecified atom stereocenters. The summed E-state index contributed by atoms with van der Waals surface area (Å²) in [6.07, 6.45) is 0. The van der Waals surface area contributed by atoms with Crippen molar-refractivity contribution in [2.75, 3.05) is 0 Å². The Labute approximate surface area is 145 Å². The Morgan fingerprint density at radius 2 is 1.56 bits per heavy atom. The minimum atomic E-state index is -0.149.